The van der Waals surface area contributed by atoms with E-state index in [0.717, 1.165) is 39.3 Å². The van der Waals surface area contributed by atoms with Crippen LogP contribution < -0.4 is 0 Å². The summed E-state index contributed by atoms with van der Waals surface area (Å²) in [4.78, 5) is 17.7. The molecule has 3 heteroatoms. The fourth-order valence-electron chi connectivity index (χ4n) is 4.47. The lowest BCUT2D eigenvalue weighted by atomic mass is 9.59. The zero-order chi connectivity index (χ0) is 11.6. The lowest BCUT2D eigenvalue weighted by Gasteiger charge is -2.62. The maximum Gasteiger partial charge on any atom is 0.150 e. The second-order valence-corrected chi connectivity index (χ2v) is 6.88. The average Bonchev–Trinajstić information content (AvgIpc) is 2.11. The molecule has 0 aromatic carbocycles. The quantitative estimate of drug-likeness (QED) is 0.701. The lowest BCUT2D eigenvalue weighted by molar-refractivity contribution is -0.183. The van der Waals surface area contributed by atoms with Gasteiger partial charge in [-0.2, -0.15) is 0 Å². The van der Waals surface area contributed by atoms with Crippen LogP contribution in [0.2, 0.25) is 0 Å². The summed E-state index contributed by atoms with van der Waals surface area (Å²) in [6.07, 6.45) is 1.06. The number of carbonyl (C=O) groups is 1. The topological polar surface area (TPSA) is 23.6 Å². The number of Topliss-reactive ketones (excluding diaryl/α,β-unsaturated/α-hetero) is 1. The highest BCUT2D eigenvalue weighted by Gasteiger charge is 2.60. The van der Waals surface area contributed by atoms with Crippen molar-refractivity contribution in [1.29, 1.82) is 0 Å². The molecule has 0 radical (unpaired) electrons. The number of hydrogen-bond donors (Lipinski definition) is 0. The van der Waals surface area contributed by atoms with Crippen molar-refractivity contribution in [3.8, 4) is 0 Å². The Hall–Kier alpha value is -0.410. The first-order chi connectivity index (χ1) is 7.43. The summed E-state index contributed by atoms with van der Waals surface area (Å²) in [6, 6.07) is 0. The number of hydrogen-bond acceptors (Lipinski definition) is 3. The number of piperidine rings is 2. The third-order valence-electron chi connectivity index (χ3n) is 4.43. The Morgan fingerprint density at radius 2 is 1.75 bits per heavy atom. The van der Waals surface area contributed by atoms with E-state index < -0.39 is 0 Å². The normalized spacial score (nSPS) is 50.4. The molecule has 0 saturated carbocycles. The molecule has 2 unspecified atom stereocenters. The minimum atomic E-state index is -0.0797. The van der Waals surface area contributed by atoms with Crippen molar-refractivity contribution in [2.75, 3.05) is 32.8 Å². The van der Waals surface area contributed by atoms with Crippen LogP contribution in [0.25, 0.3) is 0 Å². The molecule has 0 N–H and O–H groups in total. The molecule has 4 fully saturated rings. The summed E-state index contributed by atoms with van der Waals surface area (Å²) in [6.45, 7) is 11.7. The fourth-order valence-corrected chi connectivity index (χ4v) is 4.47. The molecule has 4 aliphatic heterocycles. The van der Waals surface area contributed by atoms with Crippen molar-refractivity contribution in [3.63, 3.8) is 0 Å². The van der Waals surface area contributed by atoms with E-state index in [-0.39, 0.29) is 10.8 Å². The second kappa shape index (κ2) is 3.08. The minimum Gasteiger partial charge on any atom is -0.298 e. The van der Waals surface area contributed by atoms with Crippen molar-refractivity contribution in [2.24, 2.45) is 16.7 Å². The van der Waals surface area contributed by atoms with Crippen molar-refractivity contribution in [3.05, 3.63) is 0 Å². The Balaban J connectivity index is 1.97. The molecular weight excluding hydrogens is 200 g/mol. The summed E-state index contributed by atoms with van der Waals surface area (Å²) in [7, 11) is 0. The van der Waals surface area contributed by atoms with Gasteiger partial charge in [-0.1, -0.05) is 20.8 Å². The molecule has 4 saturated heterocycles. The van der Waals surface area contributed by atoms with Gasteiger partial charge >= 0.3 is 0 Å². The van der Waals surface area contributed by atoms with Gasteiger partial charge in [0.15, 0.2) is 0 Å². The van der Waals surface area contributed by atoms with E-state index in [1.54, 1.807) is 0 Å². The highest BCUT2D eigenvalue weighted by atomic mass is 16.1. The van der Waals surface area contributed by atoms with E-state index in [0.29, 0.717) is 11.7 Å². The first kappa shape index (κ1) is 10.7. The SMILES string of the molecule is CC(C)CC12CN3CN(CC(C)(C3)C1=O)C2. The van der Waals surface area contributed by atoms with Crippen LogP contribution >= 0.6 is 0 Å². The fraction of sp³-hybridized carbons (Fsp3) is 0.923. The second-order valence-electron chi connectivity index (χ2n) is 6.88. The van der Waals surface area contributed by atoms with E-state index in [2.05, 4.69) is 30.6 Å². The Labute approximate surface area is 97.8 Å². The van der Waals surface area contributed by atoms with Crippen molar-refractivity contribution in [2.45, 2.75) is 27.2 Å². The third kappa shape index (κ3) is 1.31. The summed E-state index contributed by atoms with van der Waals surface area (Å²) in [5.74, 6) is 1.17. The average molecular weight is 222 g/mol. The number of nitrogens with zero attached hydrogens (tertiary/aromatic N) is 2. The Kier molecular flexibility index (Phi) is 2.06. The van der Waals surface area contributed by atoms with Crippen LogP contribution in [0.3, 0.4) is 0 Å². The van der Waals surface area contributed by atoms with Gasteiger partial charge in [-0.25, -0.2) is 0 Å². The largest absolute Gasteiger partial charge is 0.298 e. The number of rotatable bonds is 2. The molecule has 16 heavy (non-hydrogen) atoms. The smallest absolute Gasteiger partial charge is 0.150 e. The van der Waals surface area contributed by atoms with Gasteiger partial charge in [0.25, 0.3) is 0 Å². The van der Waals surface area contributed by atoms with Gasteiger partial charge in [-0.3, -0.25) is 14.6 Å². The molecule has 0 spiro atoms. The van der Waals surface area contributed by atoms with E-state index >= 15 is 0 Å². The predicted molar refractivity (Wildman–Crippen MR) is 63.0 cm³/mol. The van der Waals surface area contributed by atoms with E-state index in [9.17, 15) is 4.79 Å². The Morgan fingerprint density at radius 1 is 1.19 bits per heavy atom. The minimum absolute atomic E-state index is 0.0440. The van der Waals surface area contributed by atoms with Gasteiger partial charge in [0.2, 0.25) is 0 Å². The van der Waals surface area contributed by atoms with Gasteiger partial charge in [0.1, 0.15) is 5.78 Å². The summed E-state index contributed by atoms with van der Waals surface area (Å²) in [5.41, 5.74) is -0.124. The van der Waals surface area contributed by atoms with Gasteiger partial charge in [-0.15, -0.1) is 0 Å². The van der Waals surface area contributed by atoms with Crippen LogP contribution in [0.5, 0.6) is 0 Å². The van der Waals surface area contributed by atoms with Gasteiger partial charge in [0, 0.05) is 26.2 Å². The molecular formula is C13H22N2O. The van der Waals surface area contributed by atoms with Crippen LogP contribution in [0, 0.1) is 16.7 Å². The molecule has 4 bridgehead atoms. The standard InChI is InChI=1S/C13H22N2O/c1-10(2)4-13-7-14-5-12(3,11(13)16)6-15(8-13)9-14/h10H,4-9H2,1-3H3. The molecule has 0 aliphatic carbocycles. The molecule has 90 valence electrons. The first-order valence-electron chi connectivity index (χ1n) is 6.43. The maximum atomic E-state index is 12.7. The zero-order valence-electron chi connectivity index (χ0n) is 10.6. The molecule has 3 nitrogen and oxygen atoms in total. The van der Waals surface area contributed by atoms with Crippen molar-refractivity contribution < 1.29 is 4.79 Å². The molecule has 4 rings (SSSR count). The summed E-state index contributed by atoms with van der Waals surface area (Å²) < 4.78 is 0. The Morgan fingerprint density at radius 3 is 2.25 bits per heavy atom. The van der Waals surface area contributed by atoms with Gasteiger partial charge in [-0.05, 0) is 12.3 Å². The van der Waals surface area contributed by atoms with Crippen molar-refractivity contribution in [1.82, 2.24) is 9.80 Å². The molecule has 0 aromatic rings. The van der Waals surface area contributed by atoms with E-state index in [4.69, 9.17) is 0 Å². The molecule has 4 aliphatic rings. The molecule has 4 heterocycles. The summed E-state index contributed by atoms with van der Waals surface area (Å²) in [5, 5.41) is 0. The monoisotopic (exact) mass is 222 g/mol. The number of ketones is 1. The highest BCUT2D eigenvalue weighted by molar-refractivity contribution is 5.93. The van der Waals surface area contributed by atoms with Crippen LogP contribution in [0.4, 0.5) is 0 Å². The van der Waals surface area contributed by atoms with E-state index in [1.165, 1.54) is 0 Å². The lowest BCUT2D eigenvalue weighted by Crippen LogP contribution is -2.75. The maximum absolute atomic E-state index is 12.7. The van der Waals surface area contributed by atoms with Crippen LogP contribution in [0.15, 0.2) is 0 Å². The van der Waals surface area contributed by atoms with Crippen LogP contribution in [-0.4, -0.2) is 48.4 Å². The Bertz CT molecular complexity index is 317. The van der Waals surface area contributed by atoms with Gasteiger partial charge in [0.05, 0.1) is 17.5 Å². The molecule has 2 atom stereocenters. The number of carbonyl (C=O) groups excluding carboxylic acids is 1. The van der Waals surface area contributed by atoms with Gasteiger partial charge < -0.3 is 0 Å². The summed E-state index contributed by atoms with van der Waals surface area (Å²) >= 11 is 0. The van der Waals surface area contributed by atoms with Crippen LogP contribution in [0.1, 0.15) is 27.2 Å². The molecule has 0 aromatic heterocycles. The highest BCUT2D eigenvalue weighted by Crippen LogP contribution is 2.48. The van der Waals surface area contributed by atoms with E-state index in [1.807, 2.05) is 0 Å². The molecule has 0 amide bonds. The predicted octanol–water partition coefficient (Wildman–Crippen LogP) is 1.20. The zero-order valence-corrected chi connectivity index (χ0v) is 10.6. The third-order valence-corrected chi connectivity index (χ3v) is 4.43. The van der Waals surface area contributed by atoms with Crippen molar-refractivity contribution >= 4 is 5.78 Å². The first-order valence-corrected chi connectivity index (χ1v) is 6.43. The van der Waals surface area contributed by atoms with Crippen LogP contribution in [-0.2, 0) is 4.79 Å².